The maximum Gasteiger partial charge on any atom is 0.315 e. The monoisotopic (exact) mass is 250 g/mol. The van der Waals surface area contributed by atoms with Gasteiger partial charge in [0.15, 0.2) is 0 Å². The highest BCUT2D eigenvalue weighted by Gasteiger charge is 2.03. The normalized spacial score (nSPS) is 11.7. The van der Waals surface area contributed by atoms with Crippen LogP contribution in [0.1, 0.15) is 25.8 Å². The summed E-state index contributed by atoms with van der Waals surface area (Å²) in [5.41, 5.74) is 2.15. The van der Waals surface area contributed by atoms with Gasteiger partial charge in [-0.05, 0) is 31.9 Å². The van der Waals surface area contributed by atoms with E-state index >= 15 is 0 Å². The Morgan fingerprint density at radius 1 is 1.44 bits per heavy atom. The summed E-state index contributed by atoms with van der Waals surface area (Å²) in [6, 6.07) is 2.02. The van der Waals surface area contributed by atoms with Crippen LogP contribution >= 0.6 is 0 Å². The van der Waals surface area contributed by atoms with E-state index in [4.69, 9.17) is 0 Å². The number of carbonyl (C=O) groups excluding carboxylic acids is 1. The molecule has 0 spiro atoms. The van der Waals surface area contributed by atoms with Crippen molar-refractivity contribution in [2.24, 2.45) is 0 Å². The molecule has 0 saturated heterocycles. The second-order valence-corrected chi connectivity index (χ2v) is 4.33. The van der Waals surface area contributed by atoms with Crippen molar-refractivity contribution in [3.63, 3.8) is 0 Å². The number of amides is 2. The number of pyridine rings is 1. The Bertz CT molecular complexity index is 381. The lowest BCUT2D eigenvalue weighted by atomic mass is 10.2. The fraction of sp³-hybridized carbons (Fsp3) is 0.538. The minimum absolute atomic E-state index is 0.113. The van der Waals surface area contributed by atoms with Crippen LogP contribution in [0.15, 0.2) is 18.5 Å². The molecule has 1 atom stereocenters. The van der Waals surface area contributed by atoms with E-state index in [0.29, 0.717) is 13.1 Å². The standard InChI is InChI=1S/C13H22N4O/c1-4-11(3)17-13(18)16-8-7-15-12-5-6-14-9-10(12)2/h5-6,9,11H,4,7-8H2,1-3H3,(H,14,15)(H2,16,17,18). The lowest BCUT2D eigenvalue weighted by Gasteiger charge is -2.13. The van der Waals surface area contributed by atoms with Crippen molar-refractivity contribution in [1.29, 1.82) is 0 Å². The molecule has 0 aliphatic heterocycles. The first-order chi connectivity index (χ1) is 8.63. The van der Waals surface area contributed by atoms with Crippen LogP contribution in [0, 0.1) is 6.92 Å². The summed E-state index contributed by atoms with van der Waals surface area (Å²) in [4.78, 5) is 15.5. The Kier molecular flexibility index (Phi) is 5.97. The van der Waals surface area contributed by atoms with Gasteiger partial charge in [0, 0.05) is 37.2 Å². The highest BCUT2D eigenvalue weighted by atomic mass is 16.2. The molecule has 0 aliphatic carbocycles. The van der Waals surface area contributed by atoms with E-state index in [-0.39, 0.29) is 12.1 Å². The van der Waals surface area contributed by atoms with Gasteiger partial charge in [-0.2, -0.15) is 0 Å². The van der Waals surface area contributed by atoms with Crippen molar-refractivity contribution in [3.05, 3.63) is 24.0 Å². The van der Waals surface area contributed by atoms with Crippen molar-refractivity contribution in [1.82, 2.24) is 15.6 Å². The Morgan fingerprint density at radius 2 is 2.22 bits per heavy atom. The zero-order valence-electron chi connectivity index (χ0n) is 11.3. The Labute approximate surface area is 108 Å². The van der Waals surface area contributed by atoms with Gasteiger partial charge in [-0.15, -0.1) is 0 Å². The number of aryl methyl sites for hydroxylation is 1. The third-order valence-corrected chi connectivity index (χ3v) is 2.74. The van der Waals surface area contributed by atoms with Crippen LogP contribution in [0.4, 0.5) is 10.5 Å². The van der Waals surface area contributed by atoms with Gasteiger partial charge in [0.1, 0.15) is 0 Å². The predicted octanol–water partition coefficient (Wildman–Crippen LogP) is 1.90. The van der Waals surface area contributed by atoms with Gasteiger partial charge in [0.25, 0.3) is 0 Å². The number of rotatable bonds is 6. The molecule has 0 fully saturated rings. The topological polar surface area (TPSA) is 66.1 Å². The summed E-state index contributed by atoms with van der Waals surface area (Å²) in [6.45, 7) is 7.30. The van der Waals surface area contributed by atoms with E-state index in [0.717, 1.165) is 17.7 Å². The summed E-state index contributed by atoms with van der Waals surface area (Å²) in [7, 11) is 0. The Balaban J connectivity index is 2.19. The molecule has 3 N–H and O–H groups in total. The average Bonchev–Trinajstić information content (AvgIpc) is 2.36. The molecule has 5 heteroatoms. The number of hydrogen-bond acceptors (Lipinski definition) is 3. The van der Waals surface area contributed by atoms with E-state index in [1.54, 1.807) is 6.20 Å². The first-order valence-electron chi connectivity index (χ1n) is 6.32. The predicted molar refractivity (Wildman–Crippen MR) is 73.8 cm³/mol. The van der Waals surface area contributed by atoms with Crippen molar-refractivity contribution in [3.8, 4) is 0 Å². The first kappa shape index (κ1) is 14.3. The highest BCUT2D eigenvalue weighted by Crippen LogP contribution is 2.10. The van der Waals surface area contributed by atoms with Gasteiger partial charge in [-0.25, -0.2) is 4.79 Å². The van der Waals surface area contributed by atoms with Gasteiger partial charge in [0.05, 0.1) is 0 Å². The average molecular weight is 250 g/mol. The highest BCUT2D eigenvalue weighted by molar-refractivity contribution is 5.74. The number of carbonyl (C=O) groups is 1. The van der Waals surface area contributed by atoms with Crippen LogP contribution in [0.25, 0.3) is 0 Å². The van der Waals surface area contributed by atoms with Crippen molar-refractivity contribution in [2.75, 3.05) is 18.4 Å². The van der Waals surface area contributed by atoms with E-state index in [9.17, 15) is 4.79 Å². The van der Waals surface area contributed by atoms with Crippen molar-refractivity contribution in [2.45, 2.75) is 33.2 Å². The Morgan fingerprint density at radius 3 is 2.89 bits per heavy atom. The van der Waals surface area contributed by atoms with Crippen LogP contribution in [-0.4, -0.2) is 30.1 Å². The minimum Gasteiger partial charge on any atom is -0.383 e. The molecule has 5 nitrogen and oxygen atoms in total. The number of hydrogen-bond donors (Lipinski definition) is 3. The summed E-state index contributed by atoms with van der Waals surface area (Å²) in [6.07, 6.45) is 4.49. The van der Waals surface area contributed by atoms with Gasteiger partial charge < -0.3 is 16.0 Å². The third kappa shape index (κ3) is 5.03. The second-order valence-electron chi connectivity index (χ2n) is 4.33. The molecule has 1 unspecified atom stereocenters. The number of nitrogens with zero attached hydrogens (tertiary/aromatic N) is 1. The van der Waals surface area contributed by atoms with Gasteiger partial charge in [0.2, 0.25) is 0 Å². The molecule has 0 aromatic carbocycles. The molecule has 18 heavy (non-hydrogen) atoms. The van der Waals surface area contributed by atoms with Crippen LogP contribution in [0.5, 0.6) is 0 Å². The van der Waals surface area contributed by atoms with E-state index in [1.807, 2.05) is 33.0 Å². The second kappa shape index (κ2) is 7.53. The molecular formula is C13H22N4O. The van der Waals surface area contributed by atoms with Crippen LogP contribution in [0.3, 0.4) is 0 Å². The summed E-state index contributed by atoms with van der Waals surface area (Å²) >= 11 is 0. The molecule has 0 radical (unpaired) electrons. The Hall–Kier alpha value is -1.78. The van der Waals surface area contributed by atoms with Crippen LogP contribution in [-0.2, 0) is 0 Å². The van der Waals surface area contributed by atoms with Crippen LogP contribution < -0.4 is 16.0 Å². The smallest absolute Gasteiger partial charge is 0.315 e. The molecule has 1 aromatic rings. The fourth-order valence-corrected chi connectivity index (χ4v) is 1.42. The lowest BCUT2D eigenvalue weighted by Crippen LogP contribution is -2.42. The summed E-state index contributed by atoms with van der Waals surface area (Å²) in [5, 5.41) is 8.91. The maximum absolute atomic E-state index is 11.4. The number of urea groups is 1. The number of nitrogens with one attached hydrogen (secondary N) is 3. The summed E-state index contributed by atoms with van der Waals surface area (Å²) in [5.74, 6) is 0. The third-order valence-electron chi connectivity index (χ3n) is 2.74. The largest absolute Gasteiger partial charge is 0.383 e. The molecule has 0 bridgehead atoms. The van der Waals surface area contributed by atoms with Crippen LogP contribution in [0.2, 0.25) is 0 Å². The summed E-state index contributed by atoms with van der Waals surface area (Å²) < 4.78 is 0. The van der Waals surface area contributed by atoms with E-state index < -0.39 is 0 Å². The molecule has 1 heterocycles. The zero-order chi connectivity index (χ0) is 13.4. The molecule has 100 valence electrons. The number of anilines is 1. The molecule has 0 aliphatic rings. The SMILES string of the molecule is CCC(C)NC(=O)NCCNc1ccncc1C. The maximum atomic E-state index is 11.4. The lowest BCUT2D eigenvalue weighted by molar-refractivity contribution is 0.238. The fourth-order valence-electron chi connectivity index (χ4n) is 1.42. The molecule has 2 amide bonds. The zero-order valence-corrected chi connectivity index (χ0v) is 11.3. The quantitative estimate of drug-likeness (QED) is 0.676. The minimum atomic E-state index is -0.113. The van der Waals surface area contributed by atoms with Crippen molar-refractivity contribution >= 4 is 11.7 Å². The molecule has 1 aromatic heterocycles. The van der Waals surface area contributed by atoms with E-state index in [1.165, 1.54) is 0 Å². The first-order valence-corrected chi connectivity index (χ1v) is 6.32. The van der Waals surface area contributed by atoms with Gasteiger partial charge in [-0.3, -0.25) is 4.98 Å². The molecule has 1 rings (SSSR count). The van der Waals surface area contributed by atoms with Crippen molar-refractivity contribution < 1.29 is 4.79 Å². The van der Waals surface area contributed by atoms with E-state index in [2.05, 4.69) is 20.9 Å². The number of aromatic nitrogens is 1. The molecular weight excluding hydrogens is 228 g/mol. The molecule has 0 saturated carbocycles. The van der Waals surface area contributed by atoms with Gasteiger partial charge in [-0.1, -0.05) is 6.92 Å². The van der Waals surface area contributed by atoms with Gasteiger partial charge >= 0.3 is 6.03 Å².